The number of aromatic nitrogens is 1. The van der Waals surface area contributed by atoms with Crippen LogP contribution in [-0.2, 0) is 0 Å². The zero-order chi connectivity index (χ0) is 16.4. The molecule has 0 fully saturated rings. The Bertz CT molecular complexity index is 783. The predicted molar refractivity (Wildman–Crippen MR) is 94.3 cm³/mol. The Morgan fingerprint density at radius 1 is 1.22 bits per heavy atom. The number of anilines is 1. The van der Waals surface area contributed by atoms with E-state index in [9.17, 15) is 0 Å². The highest BCUT2D eigenvalue weighted by Gasteiger charge is 2.25. The van der Waals surface area contributed by atoms with Crippen LogP contribution >= 0.6 is 11.6 Å². The Morgan fingerprint density at radius 2 is 1.96 bits per heavy atom. The van der Waals surface area contributed by atoms with Gasteiger partial charge in [0.1, 0.15) is 11.9 Å². The second kappa shape index (κ2) is 6.40. The van der Waals surface area contributed by atoms with Crippen molar-refractivity contribution in [1.82, 2.24) is 10.3 Å². The Morgan fingerprint density at radius 3 is 2.61 bits per heavy atom. The van der Waals surface area contributed by atoms with Gasteiger partial charge in [0, 0.05) is 40.9 Å². The van der Waals surface area contributed by atoms with E-state index in [4.69, 9.17) is 28.1 Å². The highest BCUT2D eigenvalue weighted by atomic mass is 35.5. The molecule has 3 rings (SSSR count). The molecule has 6 heteroatoms. The summed E-state index contributed by atoms with van der Waals surface area (Å²) in [5.41, 5.74) is 16.2. The molecule has 0 saturated heterocycles. The largest absolute Gasteiger partial charge is 0.399 e. The predicted octanol–water partition coefficient (Wildman–Crippen LogP) is 2.64. The molecule has 23 heavy (non-hydrogen) atoms. The van der Waals surface area contributed by atoms with Crippen molar-refractivity contribution < 1.29 is 0 Å². The SMILES string of the molecule is CC1=C(CN)C(c2ccc(N)cc2Cl)N=C(c2ccncc2)N1. The van der Waals surface area contributed by atoms with E-state index in [2.05, 4.69) is 10.3 Å². The van der Waals surface area contributed by atoms with Gasteiger partial charge in [-0.2, -0.15) is 0 Å². The van der Waals surface area contributed by atoms with E-state index in [-0.39, 0.29) is 6.04 Å². The Hall–Kier alpha value is -2.37. The maximum atomic E-state index is 6.38. The number of benzene rings is 1. The van der Waals surface area contributed by atoms with Crippen LogP contribution in [0.2, 0.25) is 5.02 Å². The summed E-state index contributed by atoms with van der Waals surface area (Å²) in [5.74, 6) is 0.778. The van der Waals surface area contributed by atoms with Crippen LogP contribution in [0.1, 0.15) is 24.1 Å². The molecule has 5 nitrogen and oxygen atoms in total. The van der Waals surface area contributed by atoms with Crippen LogP contribution in [0.3, 0.4) is 0 Å². The first-order valence-electron chi connectivity index (χ1n) is 7.30. The molecule has 0 radical (unpaired) electrons. The molecule has 1 aromatic heterocycles. The zero-order valence-electron chi connectivity index (χ0n) is 12.8. The van der Waals surface area contributed by atoms with E-state index < -0.39 is 0 Å². The highest BCUT2D eigenvalue weighted by Crippen LogP contribution is 2.35. The Labute approximate surface area is 140 Å². The Balaban J connectivity index is 2.09. The number of nitrogens with zero attached hydrogens (tertiary/aromatic N) is 2. The van der Waals surface area contributed by atoms with Crippen molar-refractivity contribution in [2.75, 3.05) is 12.3 Å². The standard InChI is InChI=1S/C17H18ClN5/c1-10-14(9-19)16(13-3-2-12(20)8-15(13)18)23-17(22-10)11-4-6-21-7-5-11/h2-8,16H,9,19-20H2,1H3,(H,22,23). The van der Waals surface area contributed by atoms with Gasteiger partial charge in [0.05, 0.1) is 0 Å². The number of hydrogen-bond acceptors (Lipinski definition) is 5. The number of nitrogen functional groups attached to an aromatic ring is 1. The van der Waals surface area contributed by atoms with Gasteiger partial charge in [-0.05, 0) is 42.3 Å². The lowest BCUT2D eigenvalue weighted by atomic mass is 9.95. The van der Waals surface area contributed by atoms with Gasteiger partial charge in [-0.25, -0.2) is 0 Å². The molecule has 2 aromatic rings. The van der Waals surface area contributed by atoms with Crippen LogP contribution in [0.25, 0.3) is 0 Å². The zero-order valence-corrected chi connectivity index (χ0v) is 13.5. The van der Waals surface area contributed by atoms with Gasteiger partial charge in [0.2, 0.25) is 0 Å². The summed E-state index contributed by atoms with van der Waals surface area (Å²) in [6, 6.07) is 9.07. The minimum absolute atomic E-state index is 0.225. The molecule has 118 valence electrons. The molecule has 0 spiro atoms. The number of hydrogen-bond donors (Lipinski definition) is 3. The lowest BCUT2D eigenvalue weighted by Gasteiger charge is -2.27. The smallest absolute Gasteiger partial charge is 0.133 e. The quantitative estimate of drug-likeness (QED) is 0.756. The first-order chi connectivity index (χ1) is 11.1. The van der Waals surface area contributed by atoms with E-state index in [1.807, 2.05) is 31.2 Å². The van der Waals surface area contributed by atoms with Crippen LogP contribution in [-0.4, -0.2) is 17.4 Å². The molecule has 0 saturated carbocycles. The third-order valence-electron chi connectivity index (χ3n) is 3.87. The molecule has 0 amide bonds. The fourth-order valence-corrected chi connectivity index (χ4v) is 2.94. The summed E-state index contributed by atoms with van der Waals surface area (Å²) >= 11 is 6.38. The molecule has 0 bridgehead atoms. The van der Waals surface area contributed by atoms with Crippen molar-refractivity contribution in [2.24, 2.45) is 10.7 Å². The number of pyridine rings is 1. The molecule has 1 aromatic carbocycles. The van der Waals surface area contributed by atoms with Gasteiger partial charge in [-0.1, -0.05) is 17.7 Å². The van der Waals surface area contributed by atoms with Crippen molar-refractivity contribution >= 4 is 23.1 Å². The molecule has 1 unspecified atom stereocenters. The van der Waals surface area contributed by atoms with Crippen molar-refractivity contribution in [3.8, 4) is 0 Å². The maximum absolute atomic E-state index is 6.38. The van der Waals surface area contributed by atoms with Gasteiger partial charge in [-0.15, -0.1) is 0 Å². The third kappa shape index (κ3) is 3.06. The minimum atomic E-state index is -0.225. The number of aliphatic imine (C=N–C) groups is 1. The number of amidine groups is 1. The van der Waals surface area contributed by atoms with Crippen LogP contribution in [0, 0.1) is 0 Å². The molecular weight excluding hydrogens is 310 g/mol. The average Bonchev–Trinajstić information content (AvgIpc) is 2.55. The summed E-state index contributed by atoms with van der Waals surface area (Å²) in [5, 5.41) is 3.91. The van der Waals surface area contributed by atoms with E-state index >= 15 is 0 Å². The normalized spacial score (nSPS) is 17.7. The van der Waals surface area contributed by atoms with Crippen molar-refractivity contribution in [3.63, 3.8) is 0 Å². The Kier molecular flexibility index (Phi) is 4.32. The van der Waals surface area contributed by atoms with E-state index in [1.54, 1.807) is 18.5 Å². The maximum Gasteiger partial charge on any atom is 0.133 e. The van der Waals surface area contributed by atoms with E-state index in [1.165, 1.54) is 0 Å². The number of rotatable bonds is 3. The average molecular weight is 328 g/mol. The molecule has 1 aliphatic rings. The topological polar surface area (TPSA) is 89.3 Å². The van der Waals surface area contributed by atoms with Gasteiger partial charge < -0.3 is 16.8 Å². The van der Waals surface area contributed by atoms with Gasteiger partial charge in [0.15, 0.2) is 0 Å². The van der Waals surface area contributed by atoms with Crippen LogP contribution in [0.4, 0.5) is 5.69 Å². The molecular formula is C17H18ClN5. The lowest BCUT2D eigenvalue weighted by Crippen LogP contribution is -2.32. The van der Waals surface area contributed by atoms with Gasteiger partial charge in [0.25, 0.3) is 0 Å². The summed E-state index contributed by atoms with van der Waals surface area (Å²) in [4.78, 5) is 8.87. The molecule has 2 heterocycles. The summed E-state index contributed by atoms with van der Waals surface area (Å²) in [7, 11) is 0. The summed E-state index contributed by atoms with van der Waals surface area (Å²) in [6.07, 6.45) is 3.48. The molecule has 0 aliphatic carbocycles. The molecule has 1 aliphatic heterocycles. The van der Waals surface area contributed by atoms with Crippen LogP contribution in [0.15, 0.2) is 59.0 Å². The fourth-order valence-electron chi connectivity index (χ4n) is 2.65. The highest BCUT2D eigenvalue weighted by molar-refractivity contribution is 6.31. The third-order valence-corrected chi connectivity index (χ3v) is 4.20. The van der Waals surface area contributed by atoms with Crippen LogP contribution in [0.5, 0.6) is 0 Å². The van der Waals surface area contributed by atoms with Crippen molar-refractivity contribution in [3.05, 3.63) is 70.1 Å². The van der Waals surface area contributed by atoms with E-state index in [0.717, 1.165) is 28.2 Å². The fraction of sp³-hybridized carbons (Fsp3) is 0.176. The minimum Gasteiger partial charge on any atom is -0.399 e. The van der Waals surface area contributed by atoms with Gasteiger partial charge in [-0.3, -0.25) is 9.98 Å². The molecule has 1 atom stereocenters. The van der Waals surface area contributed by atoms with Crippen molar-refractivity contribution in [1.29, 1.82) is 0 Å². The lowest BCUT2D eigenvalue weighted by molar-refractivity contribution is 0.758. The first-order valence-corrected chi connectivity index (χ1v) is 7.68. The van der Waals surface area contributed by atoms with Crippen LogP contribution < -0.4 is 16.8 Å². The van der Waals surface area contributed by atoms with Gasteiger partial charge >= 0.3 is 0 Å². The van der Waals surface area contributed by atoms with E-state index in [0.29, 0.717) is 17.3 Å². The number of nitrogens with two attached hydrogens (primary N) is 2. The second-order valence-electron chi connectivity index (χ2n) is 5.38. The second-order valence-corrected chi connectivity index (χ2v) is 5.78. The monoisotopic (exact) mass is 327 g/mol. The summed E-state index contributed by atoms with van der Waals surface area (Å²) < 4.78 is 0. The number of nitrogens with one attached hydrogen (secondary N) is 1. The van der Waals surface area contributed by atoms with Crippen molar-refractivity contribution in [2.45, 2.75) is 13.0 Å². The number of halogens is 1. The molecule has 5 N–H and O–H groups in total. The summed E-state index contributed by atoms with van der Waals surface area (Å²) in [6.45, 7) is 2.40. The first kappa shape index (κ1) is 15.5. The number of allylic oxidation sites excluding steroid dienone is 1.